The van der Waals surface area contributed by atoms with E-state index in [-0.39, 0.29) is 11.9 Å². The fraction of sp³-hybridized carbons (Fsp3) is 0.909. The second-order valence-electron chi connectivity index (χ2n) is 3.99. The average Bonchev–Trinajstić information content (AvgIpc) is 2.10. The summed E-state index contributed by atoms with van der Waals surface area (Å²) in [6, 6.07) is 0. The molecular formula is C11H22O2. The second-order valence-corrected chi connectivity index (χ2v) is 3.99. The van der Waals surface area contributed by atoms with E-state index in [0.29, 0.717) is 12.3 Å². The molecule has 0 aliphatic carbocycles. The normalized spacial score (nSPS) is 15.4. The number of aliphatic hydroxyl groups excluding tert-OH is 1. The molecule has 0 aromatic rings. The number of rotatable bonds is 7. The van der Waals surface area contributed by atoms with Crippen molar-refractivity contribution in [3.05, 3.63) is 0 Å². The van der Waals surface area contributed by atoms with Gasteiger partial charge >= 0.3 is 0 Å². The molecule has 0 heterocycles. The Morgan fingerprint density at radius 1 is 1.31 bits per heavy atom. The Kier molecular flexibility index (Phi) is 6.87. The highest BCUT2D eigenvalue weighted by Crippen LogP contribution is 2.15. The maximum Gasteiger partial charge on any atom is 0.129 e. The molecule has 0 spiro atoms. The summed E-state index contributed by atoms with van der Waals surface area (Å²) in [5, 5.41) is 9.32. The summed E-state index contributed by atoms with van der Waals surface area (Å²) in [4.78, 5) is 10.7. The summed E-state index contributed by atoms with van der Waals surface area (Å²) in [6.45, 7) is 5.77. The van der Waals surface area contributed by atoms with Gasteiger partial charge in [-0.25, -0.2) is 0 Å². The van der Waals surface area contributed by atoms with E-state index in [9.17, 15) is 9.90 Å². The first-order valence-corrected chi connectivity index (χ1v) is 5.23. The second kappa shape index (κ2) is 7.07. The Morgan fingerprint density at radius 3 is 2.38 bits per heavy atom. The minimum absolute atomic E-state index is 0.153. The molecule has 0 rings (SSSR count). The minimum atomic E-state index is -0.153. The van der Waals surface area contributed by atoms with Crippen LogP contribution in [-0.2, 0) is 4.79 Å². The number of hydrogen-bond acceptors (Lipinski definition) is 2. The van der Waals surface area contributed by atoms with Crippen molar-refractivity contribution in [3.8, 4) is 0 Å². The van der Waals surface area contributed by atoms with Crippen LogP contribution in [0.2, 0.25) is 0 Å². The molecule has 2 unspecified atom stereocenters. The van der Waals surface area contributed by atoms with Gasteiger partial charge in [-0.2, -0.15) is 0 Å². The van der Waals surface area contributed by atoms with Crippen molar-refractivity contribution in [3.63, 3.8) is 0 Å². The smallest absolute Gasteiger partial charge is 0.129 e. The highest BCUT2D eigenvalue weighted by atomic mass is 16.3. The van der Waals surface area contributed by atoms with Crippen LogP contribution in [0.1, 0.15) is 52.9 Å². The van der Waals surface area contributed by atoms with Gasteiger partial charge in [-0.1, -0.05) is 13.8 Å². The first-order valence-electron chi connectivity index (χ1n) is 5.23. The number of Topliss-reactive ketones (excluding diaryl/α,β-unsaturated/α-hetero) is 1. The molecule has 0 saturated heterocycles. The van der Waals surface area contributed by atoms with Crippen LogP contribution in [0.15, 0.2) is 0 Å². The standard InChI is InChI=1S/C11H22O2/c1-4-11(13)8-6-9(2)5-7-10(3)12/h9,11,13H,4-8H2,1-3H3. The third kappa shape index (κ3) is 7.97. The summed E-state index contributed by atoms with van der Waals surface area (Å²) in [5.74, 6) is 0.827. The van der Waals surface area contributed by atoms with Crippen molar-refractivity contribution in [1.29, 1.82) is 0 Å². The van der Waals surface area contributed by atoms with E-state index >= 15 is 0 Å². The molecule has 2 nitrogen and oxygen atoms in total. The lowest BCUT2D eigenvalue weighted by Crippen LogP contribution is -2.07. The van der Waals surface area contributed by atoms with Gasteiger partial charge in [0.15, 0.2) is 0 Å². The molecule has 0 fully saturated rings. The van der Waals surface area contributed by atoms with Crippen LogP contribution in [-0.4, -0.2) is 17.0 Å². The number of ketones is 1. The zero-order valence-electron chi connectivity index (χ0n) is 9.05. The lowest BCUT2D eigenvalue weighted by Gasteiger charge is -2.12. The van der Waals surface area contributed by atoms with Crippen LogP contribution >= 0.6 is 0 Å². The fourth-order valence-corrected chi connectivity index (χ4v) is 1.28. The molecule has 0 bridgehead atoms. The Balaban J connectivity index is 3.39. The van der Waals surface area contributed by atoms with Crippen LogP contribution in [0, 0.1) is 5.92 Å². The first-order chi connectivity index (χ1) is 6.06. The van der Waals surface area contributed by atoms with Crippen molar-refractivity contribution < 1.29 is 9.90 Å². The fourth-order valence-electron chi connectivity index (χ4n) is 1.28. The summed E-state index contributed by atoms with van der Waals surface area (Å²) in [7, 11) is 0. The molecule has 78 valence electrons. The molecule has 0 aliphatic rings. The first kappa shape index (κ1) is 12.6. The van der Waals surface area contributed by atoms with Gasteiger partial charge in [-0.3, -0.25) is 0 Å². The van der Waals surface area contributed by atoms with Crippen molar-refractivity contribution >= 4 is 5.78 Å². The molecular weight excluding hydrogens is 164 g/mol. The van der Waals surface area contributed by atoms with E-state index in [1.165, 1.54) is 0 Å². The van der Waals surface area contributed by atoms with Crippen molar-refractivity contribution in [2.75, 3.05) is 0 Å². The largest absolute Gasteiger partial charge is 0.393 e. The van der Waals surface area contributed by atoms with Gasteiger partial charge in [0.05, 0.1) is 6.10 Å². The van der Waals surface area contributed by atoms with Crippen LogP contribution < -0.4 is 0 Å². The molecule has 0 saturated carbocycles. The molecule has 13 heavy (non-hydrogen) atoms. The van der Waals surface area contributed by atoms with Crippen molar-refractivity contribution in [2.24, 2.45) is 5.92 Å². The van der Waals surface area contributed by atoms with Gasteiger partial charge in [0.2, 0.25) is 0 Å². The number of aliphatic hydroxyl groups is 1. The predicted octanol–water partition coefficient (Wildman–Crippen LogP) is 2.54. The molecule has 0 aromatic carbocycles. The van der Waals surface area contributed by atoms with Crippen LogP contribution in [0.4, 0.5) is 0 Å². The Morgan fingerprint density at radius 2 is 1.92 bits per heavy atom. The Hall–Kier alpha value is -0.370. The summed E-state index contributed by atoms with van der Waals surface area (Å²) in [6.07, 6.45) is 4.23. The number of carbonyl (C=O) groups excluding carboxylic acids is 1. The number of hydrogen-bond donors (Lipinski definition) is 1. The Bertz CT molecular complexity index is 143. The highest BCUT2D eigenvalue weighted by molar-refractivity contribution is 5.75. The molecule has 1 N–H and O–H groups in total. The zero-order chi connectivity index (χ0) is 10.3. The van der Waals surface area contributed by atoms with Gasteiger partial charge in [0, 0.05) is 6.42 Å². The van der Waals surface area contributed by atoms with Crippen molar-refractivity contribution in [1.82, 2.24) is 0 Å². The third-order valence-electron chi connectivity index (χ3n) is 2.45. The maximum absolute atomic E-state index is 10.7. The van der Waals surface area contributed by atoms with Gasteiger partial charge in [0.1, 0.15) is 5.78 Å². The molecule has 2 atom stereocenters. The van der Waals surface area contributed by atoms with Crippen LogP contribution in [0.5, 0.6) is 0 Å². The Labute approximate surface area is 81.3 Å². The number of carbonyl (C=O) groups is 1. The predicted molar refractivity (Wildman–Crippen MR) is 54.6 cm³/mol. The lowest BCUT2D eigenvalue weighted by atomic mass is 9.96. The monoisotopic (exact) mass is 186 g/mol. The van der Waals surface area contributed by atoms with E-state index < -0.39 is 0 Å². The molecule has 0 radical (unpaired) electrons. The summed E-state index contributed by atoms with van der Waals surface area (Å²) >= 11 is 0. The van der Waals surface area contributed by atoms with E-state index in [4.69, 9.17) is 0 Å². The quantitative estimate of drug-likeness (QED) is 0.663. The van der Waals surface area contributed by atoms with Crippen LogP contribution in [0.25, 0.3) is 0 Å². The minimum Gasteiger partial charge on any atom is -0.393 e. The molecule has 0 aromatic heterocycles. The highest BCUT2D eigenvalue weighted by Gasteiger charge is 2.07. The van der Waals surface area contributed by atoms with E-state index in [0.717, 1.165) is 25.7 Å². The van der Waals surface area contributed by atoms with Gasteiger partial charge in [-0.05, 0) is 38.5 Å². The average molecular weight is 186 g/mol. The lowest BCUT2D eigenvalue weighted by molar-refractivity contribution is -0.117. The molecule has 2 heteroatoms. The third-order valence-corrected chi connectivity index (χ3v) is 2.45. The van der Waals surface area contributed by atoms with Crippen LogP contribution in [0.3, 0.4) is 0 Å². The van der Waals surface area contributed by atoms with E-state index in [1.807, 2.05) is 6.92 Å². The molecule has 0 aliphatic heterocycles. The molecule has 0 amide bonds. The van der Waals surface area contributed by atoms with Gasteiger partial charge in [-0.15, -0.1) is 0 Å². The topological polar surface area (TPSA) is 37.3 Å². The maximum atomic E-state index is 10.7. The summed E-state index contributed by atoms with van der Waals surface area (Å²) in [5.41, 5.74) is 0. The van der Waals surface area contributed by atoms with E-state index in [1.54, 1.807) is 6.92 Å². The zero-order valence-corrected chi connectivity index (χ0v) is 9.05. The van der Waals surface area contributed by atoms with Gasteiger partial charge < -0.3 is 9.90 Å². The summed E-state index contributed by atoms with van der Waals surface area (Å²) < 4.78 is 0. The van der Waals surface area contributed by atoms with E-state index in [2.05, 4.69) is 6.92 Å². The SMILES string of the molecule is CCC(O)CCC(C)CCC(C)=O. The van der Waals surface area contributed by atoms with Gasteiger partial charge in [0.25, 0.3) is 0 Å². The van der Waals surface area contributed by atoms with Crippen molar-refractivity contribution in [2.45, 2.75) is 59.0 Å².